The molecule has 0 saturated carbocycles. The summed E-state index contributed by atoms with van der Waals surface area (Å²) in [5.74, 6) is -0.0626. The number of rotatable bonds is 3. The van der Waals surface area contributed by atoms with E-state index in [0.717, 1.165) is 61.5 Å². The predicted molar refractivity (Wildman–Crippen MR) is 114 cm³/mol. The van der Waals surface area contributed by atoms with Gasteiger partial charge in [-0.3, -0.25) is 4.79 Å². The Hall–Kier alpha value is -3.07. The number of carbonyl (C=O) groups is 1. The number of likely N-dealkylation sites (tertiary alicyclic amines) is 1. The molecule has 9 heteroatoms. The molecule has 0 radical (unpaired) electrons. The maximum Gasteiger partial charge on any atom is 0.276 e. The van der Waals surface area contributed by atoms with Gasteiger partial charge in [0.1, 0.15) is 5.82 Å². The lowest BCUT2D eigenvalue weighted by molar-refractivity contribution is 0.0594. The third-order valence-electron chi connectivity index (χ3n) is 6.21. The number of nitrogens with two attached hydrogens (primary N) is 1. The van der Waals surface area contributed by atoms with Gasteiger partial charge in [-0.05, 0) is 44.7 Å². The fourth-order valence-corrected chi connectivity index (χ4v) is 4.64. The first-order chi connectivity index (χ1) is 15.0. The minimum absolute atomic E-state index is 0.139. The smallest absolute Gasteiger partial charge is 0.276 e. The second kappa shape index (κ2) is 7.88. The van der Waals surface area contributed by atoms with Crippen molar-refractivity contribution in [3.8, 4) is 0 Å². The van der Waals surface area contributed by atoms with Gasteiger partial charge in [0.2, 0.25) is 0 Å². The van der Waals surface area contributed by atoms with Crippen molar-refractivity contribution in [2.45, 2.75) is 44.7 Å². The maximum atomic E-state index is 14.2. The highest BCUT2D eigenvalue weighted by Crippen LogP contribution is 2.32. The van der Waals surface area contributed by atoms with Gasteiger partial charge in [0.25, 0.3) is 5.91 Å². The van der Waals surface area contributed by atoms with Crippen LogP contribution in [0.2, 0.25) is 0 Å². The number of aryl methyl sites for hydroxylation is 1. The first kappa shape index (κ1) is 19.9. The standard InChI is InChI=1S/C22H26FN7O/c1-14-12-30-19(26-21(14)28-10-7-15(24)13-28)11-17(27-30)18-6-2-3-9-29(18)22(31)20-16(23)5-4-8-25-20/h4-5,8,11-12,15,18H,2-3,6-7,9-10,13,24H2,1H3/t15-,18-/m0/s1. The summed E-state index contributed by atoms with van der Waals surface area (Å²) in [6.45, 7) is 4.27. The Morgan fingerprint density at radius 1 is 1.26 bits per heavy atom. The molecule has 2 N–H and O–H groups in total. The molecular weight excluding hydrogens is 397 g/mol. The molecule has 0 spiro atoms. The van der Waals surface area contributed by atoms with Crippen molar-refractivity contribution >= 4 is 17.4 Å². The van der Waals surface area contributed by atoms with E-state index in [1.165, 1.54) is 18.3 Å². The average molecular weight is 423 g/mol. The number of amides is 1. The van der Waals surface area contributed by atoms with E-state index >= 15 is 0 Å². The molecular formula is C22H26FN7O. The van der Waals surface area contributed by atoms with Crippen LogP contribution in [0.3, 0.4) is 0 Å². The van der Waals surface area contributed by atoms with Gasteiger partial charge in [-0.2, -0.15) is 5.10 Å². The summed E-state index contributed by atoms with van der Waals surface area (Å²) in [6.07, 6.45) is 7.01. The van der Waals surface area contributed by atoms with Crippen LogP contribution in [0.5, 0.6) is 0 Å². The highest BCUT2D eigenvalue weighted by Gasteiger charge is 2.32. The number of pyridine rings is 1. The lowest BCUT2D eigenvalue weighted by Crippen LogP contribution is -2.39. The molecule has 3 aromatic heterocycles. The SMILES string of the molecule is Cc1cn2nc([C@@H]3CCCCN3C(=O)c3ncccc3F)cc2nc1N1CC[C@H](N)C1. The van der Waals surface area contributed by atoms with Crippen LogP contribution in [-0.4, -0.2) is 56.1 Å². The number of hydrogen-bond acceptors (Lipinski definition) is 6. The van der Waals surface area contributed by atoms with Gasteiger partial charge in [-0.25, -0.2) is 18.9 Å². The quantitative estimate of drug-likeness (QED) is 0.696. The fourth-order valence-electron chi connectivity index (χ4n) is 4.64. The molecule has 5 heterocycles. The molecule has 2 saturated heterocycles. The lowest BCUT2D eigenvalue weighted by atomic mass is 9.99. The van der Waals surface area contributed by atoms with E-state index in [1.807, 2.05) is 19.2 Å². The number of halogens is 1. The normalized spacial score (nSPS) is 21.8. The highest BCUT2D eigenvalue weighted by atomic mass is 19.1. The van der Waals surface area contributed by atoms with E-state index in [2.05, 4.69) is 9.88 Å². The highest BCUT2D eigenvalue weighted by molar-refractivity contribution is 5.92. The molecule has 2 aliphatic rings. The number of carbonyl (C=O) groups excluding carboxylic acids is 1. The summed E-state index contributed by atoms with van der Waals surface area (Å²) < 4.78 is 16.0. The van der Waals surface area contributed by atoms with E-state index in [9.17, 15) is 9.18 Å². The summed E-state index contributed by atoms with van der Waals surface area (Å²) in [5, 5.41) is 4.73. The van der Waals surface area contributed by atoms with Gasteiger partial charge in [-0.1, -0.05) is 0 Å². The van der Waals surface area contributed by atoms with Crippen LogP contribution in [0.4, 0.5) is 10.2 Å². The Balaban J connectivity index is 1.48. The fraction of sp³-hybridized carbons (Fsp3) is 0.455. The van der Waals surface area contributed by atoms with Gasteiger partial charge < -0.3 is 15.5 Å². The van der Waals surface area contributed by atoms with E-state index in [4.69, 9.17) is 15.8 Å². The van der Waals surface area contributed by atoms with Crippen LogP contribution in [0.1, 0.15) is 53.5 Å². The van der Waals surface area contributed by atoms with Crippen LogP contribution in [0.15, 0.2) is 30.6 Å². The van der Waals surface area contributed by atoms with Crippen LogP contribution < -0.4 is 10.6 Å². The summed E-state index contributed by atoms with van der Waals surface area (Å²) in [5.41, 5.74) is 8.47. The summed E-state index contributed by atoms with van der Waals surface area (Å²) in [7, 11) is 0. The Kier molecular flexibility index (Phi) is 5.05. The summed E-state index contributed by atoms with van der Waals surface area (Å²) >= 11 is 0. The minimum atomic E-state index is -0.599. The third-order valence-corrected chi connectivity index (χ3v) is 6.21. The Labute approximate surface area is 179 Å². The van der Waals surface area contributed by atoms with Gasteiger partial charge in [0.15, 0.2) is 17.2 Å². The third kappa shape index (κ3) is 3.63. The van der Waals surface area contributed by atoms with E-state index in [-0.39, 0.29) is 17.8 Å². The van der Waals surface area contributed by atoms with E-state index in [1.54, 1.807) is 9.42 Å². The molecule has 2 fully saturated rings. The summed E-state index contributed by atoms with van der Waals surface area (Å²) in [6, 6.07) is 4.63. The minimum Gasteiger partial charge on any atom is -0.355 e. The first-order valence-electron chi connectivity index (χ1n) is 10.8. The molecule has 0 unspecified atom stereocenters. The monoisotopic (exact) mass is 423 g/mol. The number of anilines is 1. The molecule has 0 aromatic carbocycles. The van der Waals surface area contributed by atoms with Crippen molar-refractivity contribution in [3.63, 3.8) is 0 Å². The molecule has 2 atom stereocenters. The topological polar surface area (TPSA) is 92.6 Å². The molecule has 8 nitrogen and oxygen atoms in total. The molecule has 0 bridgehead atoms. The van der Waals surface area contributed by atoms with Crippen LogP contribution in [0.25, 0.3) is 5.65 Å². The predicted octanol–water partition coefficient (Wildman–Crippen LogP) is 2.48. The van der Waals surface area contributed by atoms with Gasteiger partial charge >= 0.3 is 0 Å². The molecule has 1 amide bonds. The number of aromatic nitrogens is 4. The molecule has 31 heavy (non-hydrogen) atoms. The van der Waals surface area contributed by atoms with Crippen molar-refractivity contribution in [2.75, 3.05) is 24.5 Å². The lowest BCUT2D eigenvalue weighted by Gasteiger charge is -2.34. The average Bonchev–Trinajstić information content (AvgIpc) is 3.38. The first-order valence-corrected chi connectivity index (χ1v) is 10.8. The van der Waals surface area contributed by atoms with Gasteiger partial charge in [0.05, 0.1) is 11.7 Å². The van der Waals surface area contributed by atoms with Crippen molar-refractivity contribution in [1.82, 2.24) is 24.5 Å². The summed E-state index contributed by atoms with van der Waals surface area (Å²) in [4.78, 5) is 25.8. The maximum absolute atomic E-state index is 14.2. The molecule has 162 valence electrons. The molecule has 0 aliphatic carbocycles. The van der Waals surface area contributed by atoms with Crippen molar-refractivity contribution in [1.29, 1.82) is 0 Å². The second-order valence-corrected chi connectivity index (χ2v) is 8.46. The number of nitrogens with zero attached hydrogens (tertiary/aromatic N) is 6. The largest absolute Gasteiger partial charge is 0.355 e. The Bertz CT molecular complexity index is 1130. The zero-order chi connectivity index (χ0) is 21.5. The van der Waals surface area contributed by atoms with E-state index < -0.39 is 11.7 Å². The van der Waals surface area contributed by atoms with E-state index in [0.29, 0.717) is 6.54 Å². The second-order valence-electron chi connectivity index (χ2n) is 8.46. The van der Waals surface area contributed by atoms with Crippen LogP contribution >= 0.6 is 0 Å². The van der Waals surface area contributed by atoms with Crippen molar-refractivity contribution < 1.29 is 9.18 Å². The molecule has 5 rings (SSSR count). The zero-order valence-electron chi connectivity index (χ0n) is 17.5. The van der Waals surface area contributed by atoms with Gasteiger partial charge in [0, 0.05) is 49.7 Å². The Morgan fingerprint density at radius 3 is 2.90 bits per heavy atom. The molecule has 3 aromatic rings. The van der Waals surface area contributed by atoms with Crippen molar-refractivity contribution in [2.24, 2.45) is 5.73 Å². The number of fused-ring (bicyclic) bond motifs is 1. The van der Waals surface area contributed by atoms with Crippen LogP contribution in [-0.2, 0) is 0 Å². The van der Waals surface area contributed by atoms with Gasteiger partial charge in [-0.15, -0.1) is 0 Å². The van der Waals surface area contributed by atoms with Crippen LogP contribution in [0, 0.1) is 12.7 Å². The zero-order valence-corrected chi connectivity index (χ0v) is 17.5. The molecule has 2 aliphatic heterocycles. The number of piperidine rings is 1. The van der Waals surface area contributed by atoms with Crippen molar-refractivity contribution in [3.05, 3.63) is 53.4 Å². The number of hydrogen-bond donors (Lipinski definition) is 1. The Morgan fingerprint density at radius 2 is 2.13 bits per heavy atom.